The first-order valence-corrected chi connectivity index (χ1v) is 10.5. The minimum atomic E-state index is -1.28. The Balaban J connectivity index is 2.06. The first-order chi connectivity index (χ1) is 13.6. The van der Waals surface area contributed by atoms with Gasteiger partial charge in [-0.1, -0.05) is 65.7 Å². The Morgan fingerprint density at radius 2 is 1.34 bits per heavy atom. The van der Waals surface area contributed by atoms with Crippen molar-refractivity contribution in [2.24, 2.45) is 5.92 Å². The van der Waals surface area contributed by atoms with E-state index in [0.29, 0.717) is 4.91 Å². The maximum absolute atomic E-state index is 12.2. The summed E-state index contributed by atoms with van der Waals surface area (Å²) in [4.78, 5) is 12.7. The molecule has 4 atom stereocenters. The largest absolute Gasteiger partial charge is 0.465 e. The summed E-state index contributed by atoms with van der Waals surface area (Å²) in [5.41, 5.74) is 1.12. The molecule has 2 unspecified atom stereocenters. The molecule has 3 rings (SSSR count). The molecule has 0 fully saturated rings. The molecule has 0 radical (unpaired) electrons. The molecule has 0 aromatic heterocycles. The molecule has 1 aliphatic heterocycles. The number of hydrogen-bond acceptors (Lipinski definition) is 5. The lowest BCUT2D eigenvalue weighted by molar-refractivity contribution is -0.135. The molecule has 0 spiro atoms. The summed E-state index contributed by atoms with van der Waals surface area (Å²) in [7, 11) is 1.34. The van der Waals surface area contributed by atoms with Gasteiger partial charge in [0.2, 0.25) is 0 Å². The maximum atomic E-state index is 12.2. The predicted molar refractivity (Wildman–Crippen MR) is 116 cm³/mol. The van der Waals surface area contributed by atoms with Crippen LogP contribution in [0.3, 0.4) is 0 Å². The van der Waals surface area contributed by atoms with E-state index in [2.05, 4.69) is 0 Å². The van der Waals surface area contributed by atoms with Gasteiger partial charge in [-0.3, -0.25) is 0 Å². The van der Waals surface area contributed by atoms with Crippen LogP contribution in [-0.2, 0) is 20.7 Å². The van der Waals surface area contributed by atoms with Crippen LogP contribution in [0, 0.1) is 19.8 Å². The van der Waals surface area contributed by atoms with Crippen LogP contribution in [-0.4, -0.2) is 28.5 Å². The summed E-state index contributed by atoms with van der Waals surface area (Å²) in [5.74, 6) is -0.956. The van der Waals surface area contributed by atoms with Crippen LogP contribution in [0.15, 0.2) is 59.5 Å². The number of carbonyl (C=O) groups is 1. The fraction of sp³-hybridized carbons (Fsp3) is 0.375. The number of ether oxygens (including phenoxy) is 1. The lowest BCUT2D eigenvalue weighted by atomic mass is 9.74. The molecule has 154 valence electrons. The van der Waals surface area contributed by atoms with Gasteiger partial charge >= 0.3 is 5.97 Å². The van der Waals surface area contributed by atoms with Gasteiger partial charge in [0, 0.05) is 5.92 Å². The van der Waals surface area contributed by atoms with Crippen molar-refractivity contribution >= 4 is 17.7 Å². The summed E-state index contributed by atoms with van der Waals surface area (Å²) in [5, 5.41) is 22.6. The van der Waals surface area contributed by atoms with Crippen LogP contribution in [0.2, 0.25) is 0 Å². The van der Waals surface area contributed by atoms with Crippen molar-refractivity contribution in [3.05, 3.63) is 81.8 Å². The zero-order valence-electron chi connectivity index (χ0n) is 17.5. The van der Waals surface area contributed by atoms with Crippen molar-refractivity contribution in [3.63, 3.8) is 0 Å². The number of hydrogen-bond donors (Lipinski definition) is 2. The summed E-state index contributed by atoms with van der Waals surface area (Å²) in [6.07, 6.45) is 1.74. The maximum Gasteiger partial charge on any atom is 0.344 e. The number of carbonyl (C=O) groups excluding carboxylic acids is 1. The lowest BCUT2D eigenvalue weighted by Crippen LogP contribution is -2.45. The molecule has 4 nitrogen and oxygen atoms in total. The van der Waals surface area contributed by atoms with Crippen LogP contribution < -0.4 is 0 Å². The highest BCUT2D eigenvalue weighted by molar-refractivity contribution is 8.04. The van der Waals surface area contributed by atoms with Gasteiger partial charge in [-0.25, -0.2) is 4.79 Å². The average molecular weight is 413 g/mol. The van der Waals surface area contributed by atoms with E-state index in [1.54, 1.807) is 19.9 Å². The van der Waals surface area contributed by atoms with Crippen molar-refractivity contribution in [3.8, 4) is 0 Å². The van der Waals surface area contributed by atoms with E-state index < -0.39 is 28.3 Å². The van der Waals surface area contributed by atoms with Crippen LogP contribution >= 0.6 is 11.8 Å². The third-order valence-corrected chi connectivity index (χ3v) is 7.34. The van der Waals surface area contributed by atoms with Crippen LogP contribution in [0.25, 0.3) is 0 Å². The number of methoxy groups -OCH3 is 1. The number of benzene rings is 2. The molecule has 5 heteroatoms. The monoisotopic (exact) mass is 412 g/mol. The number of esters is 1. The molecule has 0 bridgehead atoms. The van der Waals surface area contributed by atoms with Crippen molar-refractivity contribution in [2.75, 3.05) is 7.11 Å². The Hall–Kier alpha value is -2.08. The van der Waals surface area contributed by atoms with Crippen LogP contribution in [0.1, 0.15) is 36.1 Å². The van der Waals surface area contributed by atoms with E-state index in [-0.39, 0.29) is 0 Å². The fourth-order valence-corrected chi connectivity index (χ4v) is 5.31. The van der Waals surface area contributed by atoms with Gasteiger partial charge in [-0.15, -0.1) is 11.8 Å². The number of thioether (sulfide) groups is 1. The number of aryl methyl sites for hydroxylation is 2. The van der Waals surface area contributed by atoms with Gasteiger partial charge in [0.05, 0.1) is 28.5 Å². The molecule has 29 heavy (non-hydrogen) atoms. The smallest absolute Gasteiger partial charge is 0.344 e. The zero-order valence-corrected chi connectivity index (χ0v) is 18.3. The molecular weight excluding hydrogens is 384 g/mol. The Kier molecular flexibility index (Phi) is 5.95. The Morgan fingerprint density at radius 3 is 1.79 bits per heavy atom. The standard InChI is InChI=1S/C24H28O4S/c1-15-6-10-17(11-7-15)23(3,26)19-14-20(22(25)28-5)29-21(19)24(4,27)18-12-8-16(2)9-13-18/h6-14,19,21,26-27H,1-5H3/t19-,21-,23?,24?/m0/s1. The van der Waals surface area contributed by atoms with Crippen molar-refractivity contribution in [1.29, 1.82) is 0 Å². The van der Waals surface area contributed by atoms with Crippen LogP contribution in [0.4, 0.5) is 0 Å². The molecule has 2 aromatic carbocycles. The van der Waals surface area contributed by atoms with E-state index in [1.807, 2.05) is 62.4 Å². The molecular formula is C24H28O4S. The molecule has 0 amide bonds. The third-order valence-electron chi connectivity index (χ3n) is 5.77. The third kappa shape index (κ3) is 4.13. The van der Waals surface area contributed by atoms with Gasteiger partial charge in [0.1, 0.15) is 0 Å². The molecule has 2 N–H and O–H groups in total. The molecule has 0 aliphatic carbocycles. The SMILES string of the molecule is COC(=O)C1=C[C@H](C(C)(O)c2ccc(C)cc2)[C@@H](C(C)(O)c2ccc(C)cc2)S1. The lowest BCUT2D eigenvalue weighted by Gasteiger charge is -2.40. The Morgan fingerprint density at radius 1 is 0.897 bits per heavy atom. The quantitative estimate of drug-likeness (QED) is 0.720. The number of aliphatic hydroxyl groups is 2. The highest BCUT2D eigenvalue weighted by Gasteiger charge is 2.51. The van der Waals surface area contributed by atoms with Gasteiger partial charge in [0.15, 0.2) is 0 Å². The second-order valence-corrected chi connectivity index (χ2v) is 9.30. The van der Waals surface area contributed by atoms with Crippen molar-refractivity contribution in [1.82, 2.24) is 0 Å². The summed E-state index contributed by atoms with van der Waals surface area (Å²) >= 11 is 1.26. The predicted octanol–water partition coefficient (Wildman–Crippen LogP) is 4.21. The van der Waals surface area contributed by atoms with E-state index in [9.17, 15) is 15.0 Å². The minimum Gasteiger partial charge on any atom is -0.465 e. The zero-order chi connectivity index (χ0) is 21.4. The highest BCUT2D eigenvalue weighted by Crippen LogP contribution is 2.52. The minimum absolute atomic E-state index is 0.405. The molecule has 2 aromatic rings. The van der Waals surface area contributed by atoms with E-state index in [4.69, 9.17) is 4.74 Å². The first-order valence-electron chi connectivity index (χ1n) is 9.63. The van der Waals surface area contributed by atoms with Gasteiger partial charge < -0.3 is 14.9 Å². The van der Waals surface area contributed by atoms with E-state index >= 15 is 0 Å². The van der Waals surface area contributed by atoms with Gasteiger partial charge in [0.25, 0.3) is 0 Å². The summed E-state index contributed by atoms with van der Waals surface area (Å²) < 4.78 is 4.91. The normalized spacial score (nSPS) is 23.1. The average Bonchev–Trinajstić information content (AvgIpc) is 3.15. The van der Waals surface area contributed by atoms with E-state index in [1.165, 1.54) is 18.9 Å². The van der Waals surface area contributed by atoms with Crippen LogP contribution in [0.5, 0.6) is 0 Å². The van der Waals surface area contributed by atoms with Gasteiger partial charge in [-0.05, 0) is 38.8 Å². The second-order valence-electron chi connectivity index (χ2n) is 8.11. The van der Waals surface area contributed by atoms with Crippen molar-refractivity contribution < 1.29 is 19.7 Å². The highest BCUT2D eigenvalue weighted by atomic mass is 32.2. The Bertz CT molecular complexity index is 911. The molecule has 1 aliphatic rings. The number of rotatable bonds is 5. The second kappa shape index (κ2) is 7.98. The Labute approximate surface area is 176 Å². The first kappa shape index (κ1) is 21.6. The molecule has 0 saturated heterocycles. The summed E-state index contributed by atoms with van der Waals surface area (Å²) in [6.45, 7) is 7.45. The molecule has 1 heterocycles. The van der Waals surface area contributed by atoms with Gasteiger partial charge in [-0.2, -0.15) is 0 Å². The van der Waals surface area contributed by atoms with E-state index in [0.717, 1.165) is 22.3 Å². The fourth-order valence-electron chi connectivity index (χ4n) is 3.78. The topological polar surface area (TPSA) is 66.8 Å². The summed E-state index contributed by atoms with van der Waals surface area (Å²) in [6, 6.07) is 15.4. The molecule has 0 saturated carbocycles. The van der Waals surface area contributed by atoms with Crippen molar-refractivity contribution in [2.45, 2.75) is 44.1 Å².